The van der Waals surface area contributed by atoms with E-state index in [-0.39, 0.29) is 18.7 Å². The molecule has 0 N–H and O–H groups in total. The van der Waals surface area contributed by atoms with Crippen LogP contribution in [0.2, 0.25) is 0 Å². The summed E-state index contributed by atoms with van der Waals surface area (Å²) < 4.78 is 12.4. The molecule has 1 saturated heterocycles. The number of aryl methyl sites for hydroxylation is 2. The first kappa shape index (κ1) is 19.7. The van der Waals surface area contributed by atoms with Crippen molar-refractivity contribution in [3.63, 3.8) is 0 Å². The van der Waals surface area contributed by atoms with Crippen molar-refractivity contribution < 1.29 is 19.1 Å². The van der Waals surface area contributed by atoms with Crippen molar-refractivity contribution in [2.24, 2.45) is 0 Å². The molecule has 0 unspecified atom stereocenters. The minimum absolute atomic E-state index is 0.145. The predicted molar refractivity (Wildman–Crippen MR) is 103 cm³/mol. The van der Waals surface area contributed by atoms with Gasteiger partial charge in [0, 0.05) is 32.4 Å². The van der Waals surface area contributed by atoms with E-state index in [1.54, 1.807) is 33.7 Å². The first-order valence-corrected chi connectivity index (χ1v) is 9.42. The molecule has 2 amide bonds. The molecule has 1 aromatic heterocycles. The van der Waals surface area contributed by atoms with Crippen LogP contribution in [0.5, 0.6) is 5.75 Å². The average Bonchev–Trinajstić information content (AvgIpc) is 3.14. The van der Waals surface area contributed by atoms with Crippen molar-refractivity contribution in [1.82, 2.24) is 19.6 Å². The van der Waals surface area contributed by atoms with Gasteiger partial charge < -0.3 is 19.3 Å². The van der Waals surface area contributed by atoms with Gasteiger partial charge in [-0.3, -0.25) is 4.79 Å². The Morgan fingerprint density at radius 2 is 1.68 bits per heavy atom. The first-order chi connectivity index (χ1) is 13.5. The lowest BCUT2D eigenvalue weighted by atomic mass is 10.1. The summed E-state index contributed by atoms with van der Waals surface area (Å²) in [6.07, 6.45) is 1.40. The zero-order chi connectivity index (χ0) is 20.1. The molecular formula is C20H26N4O4. The van der Waals surface area contributed by atoms with Crippen LogP contribution in [0.4, 0.5) is 4.79 Å². The molecule has 0 bridgehead atoms. The van der Waals surface area contributed by atoms with E-state index >= 15 is 0 Å². The molecule has 1 aliphatic heterocycles. The van der Waals surface area contributed by atoms with Crippen molar-refractivity contribution in [1.29, 1.82) is 0 Å². The highest BCUT2D eigenvalue weighted by Gasteiger charge is 2.26. The van der Waals surface area contributed by atoms with Crippen LogP contribution in [0.3, 0.4) is 0 Å². The van der Waals surface area contributed by atoms with Crippen LogP contribution >= 0.6 is 0 Å². The number of carbonyl (C=O) groups excluding carboxylic acids is 2. The van der Waals surface area contributed by atoms with Gasteiger partial charge in [-0.25, -0.2) is 9.48 Å². The first-order valence-electron chi connectivity index (χ1n) is 9.42. The third-order valence-corrected chi connectivity index (χ3v) is 4.51. The van der Waals surface area contributed by atoms with Crippen molar-refractivity contribution in [3.8, 4) is 5.75 Å². The molecule has 0 radical (unpaired) electrons. The number of benzene rings is 1. The van der Waals surface area contributed by atoms with Crippen LogP contribution in [-0.2, 0) is 11.5 Å². The fourth-order valence-corrected chi connectivity index (χ4v) is 3.17. The van der Waals surface area contributed by atoms with Gasteiger partial charge in [0.15, 0.2) is 12.4 Å². The van der Waals surface area contributed by atoms with Gasteiger partial charge in [0.25, 0.3) is 5.91 Å². The lowest BCUT2D eigenvalue weighted by Crippen LogP contribution is -2.50. The molecule has 0 spiro atoms. The minimum Gasteiger partial charge on any atom is -0.471 e. The van der Waals surface area contributed by atoms with Crippen LogP contribution in [0.15, 0.2) is 30.5 Å². The number of nitrogens with zero attached hydrogens (tertiary/aromatic N) is 4. The molecule has 0 atom stereocenters. The zero-order valence-corrected chi connectivity index (χ0v) is 16.6. The maximum absolute atomic E-state index is 12.7. The van der Waals surface area contributed by atoms with E-state index in [1.165, 1.54) is 0 Å². The lowest BCUT2D eigenvalue weighted by molar-refractivity contribution is 0.0564. The van der Waals surface area contributed by atoms with Crippen molar-refractivity contribution >= 4 is 12.0 Å². The molecule has 3 rings (SSSR count). The summed E-state index contributed by atoms with van der Waals surface area (Å²) in [5.74, 6) is 0.629. The number of rotatable bonds is 5. The Morgan fingerprint density at radius 1 is 1.04 bits per heavy atom. The normalized spacial score (nSPS) is 14.1. The second kappa shape index (κ2) is 8.77. The van der Waals surface area contributed by atoms with Crippen molar-refractivity contribution in [2.45, 2.75) is 27.5 Å². The highest BCUT2D eigenvalue weighted by molar-refractivity contribution is 5.92. The molecule has 2 heterocycles. The van der Waals surface area contributed by atoms with Crippen LogP contribution in [0.1, 0.15) is 28.5 Å². The number of amides is 2. The largest absolute Gasteiger partial charge is 0.471 e. The molecule has 1 fully saturated rings. The van der Waals surface area contributed by atoms with Crippen LogP contribution in [0, 0.1) is 13.8 Å². The highest BCUT2D eigenvalue weighted by Crippen LogP contribution is 2.16. The number of ether oxygens (including phenoxy) is 2. The maximum atomic E-state index is 12.7. The van der Waals surface area contributed by atoms with Crippen molar-refractivity contribution in [3.05, 3.63) is 47.3 Å². The molecule has 1 aromatic carbocycles. The van der Waals surface area contributed by atoms with Gasteiger partial charge in [0.1, 0.15) is 5.75 Å². The third-order valence-electron chi connectivity index (χ3n) is 4.51. The fraction of sp³-hybridized carbons (Fsp3) is 0.450. The van der Waals surface area contributed by atoms with Gasteiger partial charge in [-0.05, 0) is 50.1 Å². The SMILES string of the molecule is CCOC(=O)N1CCN(C(=O)c2ccn(COc3cc(C)cc(C)c3)n2)CC1. The van der Waals surface area contributed by atoms with Crippen LogP contribution in [0.25, 0.3) is 0 Å². The highest BCUT2D eigenvalue weighted by atomic mass is 16.6. The Bertz CT molecular complexity index is 820. The van der Waals surface area contributed by atoms with Gasteiger partial charge in [0.05, 0.1) is 6.61 Å². The molecule has 2 aromatic rings. The topological polar surface area (TPSA) is 76.9 Å². The van der Waals surface area contributed by atoms with E-state index in [2.05, 4.69) is 11.2 Å². The molecular weight excluding hydrogens is 360 g/mol. The van der Waals surface area contributed by atoms with E-state index in [9.17, 15) is 9.59 Å². The third kappa shape index (κ3) is 4.82. The summed E-state index contributed by atoms with van der Waals surface area (Å²) >= 11 is 0. The Hall–Kier alpha value is -3.03. The monoisotopic (exact) mass is 386 g/mol. The summed E-state index contributed by atoms with van der Waals surface area (Å²) in [7, 11) is 0. The molecule has 150 valence electrons. The van der Waals surface area contributed by atoms with Crippen LogP contribution in [-0.4, -0.2) is 64.4 Å². The predicted octanol–water partition coefficient (Wildman–Crippen LogP) is 2.45. The van der Waals surface area contributed by atoms with Gasteiger partial charge in [-0.2, -0.15) is 5.10 Å². The summed E-state index contributed by atoms with van der Waals surface area (Å²) in [4.78, 5) is 27.7. The Balaban J connectivity index is 1.53. The fourth-order valence-electron chi connectivity index (χ4n) is 3.17. The van der Waals surface area contributed by atoms with Gasteiger partial charge in [-0.15, -0.1) is 0 Å². The quantitative estimate of drug-likeness (QED) is 0.789. The molecule has 0 saturated carbocycles. The molecule has 8 heteroatoms. The second-order valence-electron chi connectivity index (χ2n) is 6.82. The lowest BCUT2D eigenvalue weighted by Gasteiger charge is -2.33. The molecule has 0 aliphatic carbocycles. The Labute approximate surface area is 164 Å². The summed E-state index contributed by atoms with van der Waals surface area (Å²) in [6, 6.07) is 7.70. The van der Waals surface area contributed by atoms with E-state index < -0.39 is 0 Å². The second-order valence-corrected chi connectivity index (χ2v) is 6.82. The smallest absolute Gasteiger partial charge is 0.409 e. The number of hydrogen-bond donors (Lipinski definition) is 0. The van der Waals surface area contributed by atoms with E-state index in [0.29, 0.717) is 38.5 Å². The molecule has 8 nitrogen and oxygen atoms in total. The average molecular weight is 386 g/mol. The van der Waals surface area contributed by atoms with E-state index in [0.717, 1.165) is 16.9 Å². The van der Waals surface area contributed by atoms with E-state index in [4.69, 9.17) is 9.47 Å². The molecule has 28 heavy (non-hydrogen) atoms. The van der Waals surface area contributed by atoms with Gasteiger partial charge in [-0.1, -0.05) is 6.07 Å². The summed E-state index contributed by atoms with van der Waals surface area (Å²) in [5.41, 5.74) is 2.63. The molecule has 1 aliphatic rings. The zero-order valence-electron chi connectivity index (χ0n) is 16.6. The van der Waals surface area contributed by atoms with E-state index in [1.807, 2.05) is 26.0 Å². The number of hydrogen-bond acceptors (Lipinski definition) is 5. The Kier molecular flexibility index (Phi) is 6.18. The summed E-state index contributed by atoms with van der Waals surface area (Å²) in [6.45, 7) is 8.23. The number of aromatic nitrogens is 2. The number of piperazine rings is 1. The summed E-state index contributed by atoms with van der Waals surface area (Å²) in [5, 5.41) is 4.32. The number of carbonyl (C=O) groups is 2. The van der Waals surface area contributed by atoms with Gasteiger partial charge >= 0.3 is 6.09 Å². The van der Waals surface area contributed by atoms with Gasteiger partial charge in [0.2, 0.25) is 0 Å². The standard InChI is InChI=1S/C20H26N4O4/c1-4-27-20(26)23-9-7-22(8-10-23)19(25)18-5-6-24(21-18)14-28-17-12-15(2)11-16(3)13-17/h5-6,11-13H,4,7-10,14H2,1-3H3. The Morgan fingerprint density at radius 3 is 2.32 bits per heavy atom. The van der Waals surface area contributed by atoms with Crippen LogP contribution < -0.4 is 4.74 Å². The van der Waals surface area contributed by atoms with Crippen molar-refractivity contribution in [2.75, 3.05) is 32.8 Å². The minimum atomic E-state index is -0.331. The maximum Gasteiger partial charge on any atom is 0.409 e.